The first-order chi connectivity index (χ1) is 14.4. The van der Waals surface area contributed by atoms with Gasteiger partial charge in [-0.3, -0.25) is 19.3 Å². The minimum Gasteiger partial charge on any atom is -0.322 e. The molecular weight excluding hydrogens is 400 g/mol. The van der Waals surface area contributed by atoms with Crippen molar-refractivity contribution >= 4 is 34.5 Å². The quantitative estimate of drug-likeness (QED) is 0.676. The van der Waals surface area contributed by atoms with Crippen LogP contribution in [0.2, 0.25) is 0 Å². The Morgan fingerprint density at radius 2 is 1.90 bits per heavy atom. The molecule has 1 aliphatic rings. The van der Waals surface area contributed by atoms with Crippen molar-refractivity contribution in [3.05, 3.63) is 77.2 Å². The topological polar surface area (TPSA) is 84.3 Å². The molecule has 4 rings (SSSR count). The molecule has 3 amide bonds. The highest BCUT2D eigenvalue weighted by Crippen LogP contribution is 2.23. The van der Waals surface area contributed by atoms with Gasteiger partial charge in [0.25, 0.3) is 11.1 Å². The van der Waals surface area contributed by atoms with Crippen LogP contribution in [-0.2, 0) is 11.3 Å². The van der Waals surface area contributed by atoms with Crippen molar-refractivity contribution in [3.8, 4) is 5.82 Å². The van der Waals surface area contributed by atoms with Crippen molar-refractivity contribution in [3.63, 3.8) is 0 Å². The molecule has 0 radical (unpaired) electrons. The Kier molecular flexibility index (Phi) is 5.41. The predicted octanol–water partition coefficient (Wildman–Crippen LogP) is 3.94. The van der Waals surface area contributed by atoms with E-state index in [2.05, 4.69) is 10.3 Å². The Hall–Kier alpha value is -3.39. The molecule has 0 atom stereocenters. The van der Waals surface area contributed by atoms with E-state index in [-0.39, 0.29) is 29.4 Å². The number of thioether (sulfide) groups is 1. The molecule has 0 bridgehead atoms. The average Bonchev–Trinajstić information content (AvgIpc) is 3.22. The zero-order valence-electron chi connectivity index (χ0n) is 16.6. The van der Waals surface area contributed by atoms with Crippen LogP contribution in [0.15, 0.2) is 54.7 Å². The zero-order chi connectivity index (χ0) is 21.3. The first kappa shape index (κ1) is 19.9. The van der Waals surface area contributed by atoms with Gasteiger partial charge in [-0.05, 0) is 49.7 Å². The summed E-state index contributed by atoms with van der Waals surface area (Å²) in [5.41, 5.74) is 3.77. The summed E-state index contributed by atoms with van der Waals surface area (Å²) in [4.78, 5) is 41.9. The number of aryl methyl sites for hydroxylation is 1. The van der Waals surface area contributed by atoms with Crippen LogP contribution in [0.5, 0.6) is 0 Å². The third kappa shape index (κ3) is 3.86. The van der Waals surface area contributed by atoms with E-state index in [1.165, 1.54) is 4.90 Å². The fourth-order valence-electron chi connectivity index (χ4n) is 3.44. The number of nitrogens with one attached hydrogen (secondary N) is 1. The van der Waals surface area contributed by atoms with Gasteiger partial charge in [-0.1, -0.05) is 30.0 Å². The molecule has 3 aromatic rings. The number of anilines is 1. The Morgan fingerprint density at radius 3 is 2.53 bits per heavy atom. The van der Waals surface area contributed by atoms with Crippen LogP contribution in [0, 0.1) is 13.8 Å². The minimum absolute atomic E-state index is 0.175. The number of hydrogen-bond donors (Lipinski definition) is 1. The van der Waals surface area contributed by atoms with Gasteiger partial charge in [0.15, 0.2) is 0 Å². The molecule has 0 saturated carbocycles. The summed E-state index contributed by atoms with van der Waals surface area (Å²) in [5.74, 6) is 0.578. The lowest BCUT2D eigenvalue weighted by Gasteiger charge is -2.13. The SMILES string of the molecule is Cc1cc(C(=O)Nc2ccc(CN3C(=O)CSC3=O)cc2)c(C)n1-c1ccccn1. The maximum Gasteiger partial charge on any atom is 0.289 e. The van der Waals surface area contributed by atoms with Crippen LogP contribution in [-0.4, -0.2) is 37.3 Å². The maximum atomic E-state index is 12.8. The number of imide groups is 1. The first-order valence-corrected chi connectivity index (χ1v) is 10.4. The van der Waals surface area contributed by atoms with Crippen LogP contribution >= 0.6 is 11.8 Å². The van der Waals surface area contributed by atoms with Gasteiger partial charge < -0.3 is 9.88 Å². The minimum atomic E-state index is -0.222. The number of carbonyl (C=O) groups excluding carboxylic acids is 3. The fraction of sp³-hybridized carbons (Fsp3) is 0.182. The van der Waals surface area contributed by atoms with Crippen molar-refractivity contribution < 1.29 is 14.4 Å². The summed E-state index contributed by atoms with van der Waals surface area (Å²) in [7, 11) is 0. The van der Waals surface area contributed by atoms with Gasteiger partial charge in [0, 0.05) is 23.3 Å². The number of aromatic nitrogens is 2. The van der Waals surface area contributed by atoms with Gasteiger partial charge in [0.1, 0.15) is 5.82 Å². The van der Waals surface area contributed by atoms with E-state index < -0.39 is 0 Å². The summed E-state index contributed by atoms with van der Waals surface area (Å²) in [6.07, 6.45) is 1.72. The molecule has 0 spiro atoms. The predicted molar refractivity (Wildman–Crippen MR) is 116 cm³/mol. The smallest absolute Gasteiger partial charge is 0.289 e. The molecule has 1 aromatic carbocycles. The number of amides is 3. The molecule has 3 heterocycles. The highest BCUT2D eigenvalue weighted by atomic mass is 32.2. The fourth-order valence-corrected chi connectivity index (χ4v) is 4.16. The molecule has 7 nitrogen and oxygen atoms in total. The largest absolute Gasteiger partial charge is 0.322 e. The van der Waals surface area contributed by atoms with Crippen molar-refractivity contribution in [2.24, 2.45) is 0 Å². The summed E-state index contributed by atoms with van der Waals surface area (Å²) < 4.78 is 1.94. The molecular formula is C22H20N4O3S. The summed E-state index contributed by atoms with van der Waals surface area (Å²) in [6, 6.07) is 14.6. The van der Waals surface area contributed by atoms with Crippen LogP contribution in [0.3, 0.4) is 0 Å². The van der Waals surface area contributed by atoms with Gasteiger partial charge in [-0.15, -0.1) is 0 Å². The highest BCUT2D eigenvalue weighted by molar-refractivity contribution is 8.14. The molecule has 1 fully saturated rings. The van der Waals surface area contributed by atoms with Crippen molar-refractivity contribution in [1.82, 2.24) is 14.5 Å². The number of nitrogens with zero attached hydrogens (tertiary/aromatic N) is 3. The molecule has 0 unspecified atom stereocenters. The van der Waals surface area contributed by atoms with Gasteiger partial charge >= 0.3 is 0 Å². The second kappa shape index (κ2) is 8.16. The standard InChI is InChI=1S/C22H20N4O3S/c1-14-11-18(15(2)26(14)19-5-3-4-10-23-19)21(28)24-17-8-6-16(7-9-17)12-25-20(27)13-30-22(25)29/h3-11H,12-13H2,1-2H3,(H,24,28). The summed E-state index contributed by atoms with van der Waals surface area (Å²) >= 11 is 1.02. The van der Waals surface area contributed by atoms with Crippen LogP contribution in [0.25, 0.3) is 5.82 Å². The lowest BCUT2D eigenvalue weighted by atomic mass is 10.1. The molecule has 0 aliphatic carbocycles. The van der Waals surface area contributed by atoms with E-state index in [4.69, 9.17) is 0 Å². The number of pyridine rings is 1. The lowest BCUT2D eigenvalue weighted by Crippen LogP contribution is -2.27. The normalized spacial score (nSPS) is 13.7. The second-order valence-electron chi connectivity index (χ2n) is 6.99. The Morgan fingerprint density at radius 1 is 1.13 bits per heavy atom. The van der Waals surface area contributed by atoms with E-state index >= 15 is 0 Å². The third-order valence-corrected chi connectivity index (χ3v) is 5.81. The van der Waals surface area contributed by atoms with Crippen LogP contribution in [0.1, 0.15) is 27.3 Å². The number of benzene rings is 1. The molecule has 1 saturated heterocycles. The summed E-state index contributed by atoms with van der Waals surface area (Å²) in [5, 5.41) is 2.68. The molecule has 1 aliphatic heterocycles. The first-order valence-electron chi connectivity index (χ1n) is 9.42. The van der Waals surface area contributed by atoms with E-state index in [0.717, 1.165) is 34.5 Å². The monoisotopic (exact) mass is 420 g/mol. The number of hydrogen-bond acceptors (Lipinski definition) is 5. The van der Waals surface area contributed by atoms with Crippen LogP contribution in [0.4, 0.5) is 10.5 Å². The van der Waals surface area contributed by atoms with Crippen molar-refractivity contribution in [2.45, 2.75) is 20.4 Å². The average molecular weight is 420 g/mol. The van der Waals surface area contributed by atoms with E-state index in [0.29, 0.717) is 11.3 Å². The Balaban J connectivity index is 1.48. The molecule has 30 heavy (non-hydrogen) atoms. The van der Waals surface area contributed by atoms with Gasteiger partial charge in [-0.2, -0.15) is 0 Å². The Bertz CT molecular complexity index is 1110. The third-order valence-electron chi connectivity index (χ3n) is 4.95. The van der Waals surface area contributed by atoms with Crippen molar-refractivity contribution in [1.29, 1.82) is 0 Å². The van der Waals surface area contributed by atoms with E-state index in [1.807, 2.05) is 42.7 Å². The van der Waals surface area contributed by atoms with Gasteiger partial charge in [0.05, 0.1) is 17.9 Å². The van der Waals surface area contributed by atoms with Crippen molar-refractivity contribution in [2.75, 3.05) is 11.1 Å². The second-order valence-corrected chi connectivity index (χ2v) is 7.92. The summed E-state index contributed by atoms with van der Waals surface area (Å²) in [6.45, 7) is 4.07. The lowest BCUT2D eigenvalue weighted by molar-refractivity contribution is -0.125. The number of rotatable bonds is 5. The van der Waals surface area contributed by atoms with Gasteiger partial charge in [0.2, 0.25) is 5.91 Å². The van der Waals surface area contributed by atoms with Gasteiger partial charge in [-0.25, -0.2) is 4.98 Å². The molecule has 1 N–H and O–H groups in total. The van der Waals surface area contributed by atoms with E-state index in [9.17, 15) is 14.4 Å². The molecule has 2 aromatic heterocycles. The Labute approximate surface area is 178 Å². The molecule has 8 heteroatoms. The maximum absolute atomic E-state index is 12.8. The highest BCUT2D eigenvalue weighted by Gasteiger charge is 2.29. The number of carbonyl (C=O) groups is 3. The molecule has 152 valence electrons. The zero-order valence-corrected chi connectivity index (χ0v) is 17.4. The van der Waals surface area contributed by atoms with Crippen LogP contribution < -0.4 is 5.32 Å². The van der Waals surface area contributed by atoms with E-state index in [1.54, 1.807) is 30.5 Å².